The van der Waals surface area contributed by atoms with Crippen LogP contribution in [-0.4, -0.2) is 4.57 Å². The van der Waals surface area contributed by atoms with E-state index >= 15 is 0 Å². The van der Waals surface area contributed by atoms with E-state index in [4.69, 9.17) is 0 Å². The molecule has 0 unspecified atom stereocenters. The second kappa shape index (κ2) is 6.29. The zero-order valence-corrected chi connectivity index (χ0v) is 15.1. The monoisotopic (exact) mass is 375 g/mol. The summed E-state index contributed by atoms with van der Waals surface area (Å²) in [6, 6.07) is 27.9. The van der Waals surface area contributed by atoms with Gasteiger partial charge in [-0.05, 0) is 41.8 Å². The van der Waals surface area contributed by atoms with Crippen molar-refractivity contribution in [3.05, 3.63) is 94.5 Å². The van der Waals surface area contributed by atoms with Crippen LogP contribution in [-0.2, 0) is 6.54 Å². The van der Waals surface area contributed by atoms with Crippen molar-refractivity contribution < 1.29 is 0 Å². The fraction of sp³-hybridized carbons (Fsp3) is 0.0909. The van der Waals surface area contributed by atoms with E-state index in [1.165, 1.54) is 33.3 Å². The molecule has 3 aromatic carbocycles. The van der Waals surface area contributed by atoms with E-state index in [2.05, 4.69) is 106 Å². The van der Waals surface area contributed by atoms with Crippen LogP contribution in [0.25, 0.3) is 22.2 Å². The molecule has 1 aromatic heterocycles. The molecule has 4 aromatic rings. The van der Waals surface area contributed by atoms with Crippen LogP contribution in [0.1, 0.15) is 11.1 Å². The third kappa shape index (κ3) is 2.67. The minimum absolute atomic E-state index is 0.872. The van der Waals surface area contributed by atoms with E-state index in [1.54, 1.807) is 0 Å². The molecular formula is C22H18BrN. The Labute approximate surface area is 150 Å². The average molecular weight is 376 g/mol. The van der Waals surface area contributed by atoms with Crippen LogP contribution >= 0.6 is 15.9 Å². The maximum Gasteiger partial charge on any atom is 0.0524 e. The number of aryl methyl sites for hydroxylation is 1. The Morgan fingerprint density at radius 1 is 0.833 bits per heavy atom. The fourth-order valence-electron chi connectivity index (χ4n) is 3.39. The van der Waals surface area contributed by atoms with Gasteiger partial charge in [0, 0.05) is 21.9 Å². The van der Waals surface area contributed by atoms with Crippen LogP contribution in [0, 0.1) is 6.92 Å². The first-order valence-corrected chi connectivity index (χ1v) is 8.91. The van der Waals surface area contributed by atoms with Gasteiger partial charge < -0.3 is 4.57 Å². The lowest BCUT2D eigenvalue weighted by molar-refractivity contribution is 0.842. The van der Waals surface area contributed by atoms with Gasteiger partial charge in [-0.2, -0.15) is 0 Å². The van der Waals surface area contributed by atoms with Crippen LogP contribution in [0.4, 0.5) is 0 Å². The Morgan fingerprint density at radius 3 is 2.21 bits per heavy atom. The number of hydrogen-bond acceptors (Lipinski definition) is 0. The number of fused-ring (bicyclic) bond motifs is 1. The topological polar surface area (TPSA) is 4.93 Å². The summed E-state index contributed by atoms with van der Waals surface area (Å²) < 4.78 is 3.55. The Kier molecular flexibility index (Phi) is 3.99. The molecule has 0 atom stereocenters. The van der Waals surface area contributed by atoms with Gasteiger partial charge >= 0.3 is 0 Å². The Balaban J connectivity index is 1.99. The van der Waals surface area contributed by atoms with Gasteiger partial charge in [0.05, 0.1) is 5.69 Å². The van der Waals surface area contributed by atoms with Crippen molar-refractivity contribution >= 4 is 26.8 Å². The first-order valence-electron chi connectivity index (χ1n) is 8.12. The molecule has 118 valence electrons. The van der Waals surface area contributed by atoms with Crippen molar-refractivity contribution in [2.45, 2.75) is 13.5 Å². The molecule has 0 saturated heterocycles. The Hall–Kier alpha value is -2.32. The Bertz CT molecular complexity index is 985. The largest absolute Gasteiger partial charge is 0.336 e. The van der Waals surface area contributed by atoms with Gasteiger partial charge in [0.25, 0.3) is 0 Å². The summed E-state index contributed by atoms with van der Waals surface area (Å²) >= 11 is 3.61. The van der Waals surface area contributed by atoms with E-state index in [1.807, 2.05) is 0 Å². The fourth-order valence-corrected chi connectivity index (χ4v) is 3.75. The number of hydrogen-bond donors (Lipinski definition) is 0. The summed E-state index contributed by atoms with van der Waals surface area (Å²) in [5.41, 5.74) is 6.48. The highest BCUT2D eigenvalue weighted by atomic mass is 79.9. The minimum atomic E-state index is 0.872. The number of benzene rings is 3. The lowest BCUT2D eigenvalue weighted by Gasteiger charge is -2.12. The molecule has 0 aliphatic rings. The lowest BCUT2D eigenvalue weighted by atomic mass is 10.1. The molecule has 0 radical (unpaired) electrons. The minimum Gasteiger partial charge on any atom is -0.336 e. The van der Waals surface area contributed by atoms with Gasteiger partial charge in [-0.25, -0.2) is 0 Å². The predicted molar refractivity (Wildman–Crippen MR) is 105 cm³/mol. The molecule has 0 fully saturated rings. The van der Waals surface area contributed by atoms with E-state index in [0.717, 1.165) is 11.0 Å². The lowest BCUT2D eigenvalue weighted by Crippen LogP contribution is -2.02. The normalized spacial score (nSPS) is 11.1. The molecule has 1 heterocycles. The van der Waals surface area contributed by atoms with Crippen LogP contribution in [0.3, 0.4) is 0 Å². The maximum atomic E-state index is 3.61. The Morgan fingerprint density at radius 2 is 1.50 bits per heavy atom. The highest BCUT2D eigenvalue weighted by molar-refractivity contribution is 9.10. The summed E-state index contributed by atoms with van der Waals surface area (Å²) in [5.74, 6) is 0. The summed E-state index contributed by atoms with van der Waals surface area (Å²) in [7, 11) is 0. The van der Waals surface area contributed by atoms with E-state index < -0.39 is 0 Å². The number of nitrogens with zero attached hydrogens (tertiary/aromatic N) is 1. The summed E-state index contributed by atoms with van der Waals surface area (Å²) in [5, 5.41) is 1.30. The van der Waals surface area contributed by atoms with Gasteiger partial charge in [-0.1, -0.05) is 76.6 Å². The molecule has 24 heavy (non-hydrogen) atoms. The first-order chi connectivity index (χ1) is 11.7. The summed E-state index contributed by atoms with van der Waals surface area (Å²) in [6.45, 7) is 3.09. The zero-order chi connectivity index (χ0) is 16.5. The highest BCUT2D eigenvalue weighted by Crippen LogP contribution is 2.35. The molecular weight excluding hydrogens is 358 g/mol. The van der Waals surface area contributed by atoms with Crippen molar-refractivity contribution in [2.24, 2.45) is 0 Å². The van der Waals surface area contributed by atoms with Crippen LogP contribution in [0.15, 0.2) is 83.3 Å². The van der Waals surface area contributed by atoms with Crippen molar-refractivity contribution in [1.82, 2.24) is 4.57 Å². The third-order valence-electron chi connectivity index (χ3n) is 4.51. The van der Waals surface area contributed by atoms with Gasteiger partial charge in [0.2, 0.25) is 0 Å². The van der Waals surface area contributed by atoms with E-state index in [0.29, 0.717) is 0 Å². The second-order valence-electron chi connectivity index (χ2n) is 6.07. The third-order valence-corrected chi connectivity index (χ3v) is 5.00. The van der Waals surface area contributed by atoms with E-state index in [-0.39, 0.29) is 0 Å². The van der Waals surface area contributed by atoms with Gasteiger partial charge in [0.15, 0.2) is 0 Å². The SMILES string of the molecule is Cc1c(-c2ccccc2)n(Cc2ccccc2)c2ccc(Br)cc12. The van der Waals surface area contributed by atoms with Gasteiger partial charge in [0.1, 0.15) is 0 Å². The van der Waals surface area contributed by atoms with Crippen molar-refractivity contribution in [3.63, 3.8) is 0 Å². The molecule has 2 heteroatoms. The van der Waals surface area contributed by atoms with Crippen molar-refractivity contribution in [2.75, 3.05) is 0 Å². The molecule has 0 bridgehead atoms. The number of rotatable bonds is 3. The van der Waals surface area contributed by atoms with Crippen LogP contribution < -0.4 is 0 Å². The quantitative estimate of drug-likeness (QED) is 0.388. The first kappa shape index (κ1) is 15.2. The number of aromatic nitrogens is 1. The summed E-state index contributed by atoms with van der Waals surface area (Å²) in [4.78, 5) is 0. The smallest absolute Gasteiger partial charge is 0.0524 e. The summed E-state index contributed by atoms with van der Waals surface area (Å²) in [6.07, 6.45) is 0. The zero-order valence-electron chi connectivity index (χ0n) is 13.5. The average Bonchev–Trinajstić information content (AvgIpc) is 2.88. The molecule has 4 rings (SSSR count). The predicted octanol–water partition coefficient (Wildman–Crippen LogP) is 6.43. The molecule has 0 N–H and O–H groups in total. The molecule has 0 aliphatic heterocycles. The molecule has 0 saturated carbocycles. The van der Waals surface area contributed by atoms with Crippen LogP contribution in [0.5, 0.6) is 0 Å². The van der Waals surface area contributed by atoms with Gasteiger partial charge in [-0.3, -0.25) is 0 Å². The maximum absolute atomic E-state index is 3.61. The standard InChI is InChI=1S/C22H18BrN/c1-16-20-14-19(23)12-13-21(20)24(15-17-8-4-2-5-9-17)22(16)18-10-6-3-7-11-18/h2-14H,15H2,1H3. The van der Waals surface area contributed by atoms with Crippen molar-refractivity contribution in [3.8, 4) is 11.3 Å². The second-order valence-corrected chi connectivity index (χ2v) is 6.99. The van der Waals surface area contributed by atoms with E-state index in [9.17, 15) is 0 Å². The van der Waals surface area contributed by atoms with Gasteiger partial charge in [-0.15, -0.1) is 0 Å². The number of halogens is 1. The molecule has 0 amide bonds. The van der Waals surface area contributed by atoms with Crippen molar-refractivity contribution in [1.29, 1.82) is 0 Å². The molecule has 1 nitrogen and oxygen atoms in total. The molecule has 0 spiro atoms. The van der Waals surface area contributed by atoms with Crippen LogP contribution in [0.2, 0.25) is 0 Å². The molecule has 0 aliphatic carbocycles. The highest BCUT2D eigenvalue weighted by Gasteiger charge is 2.16.